The van der Waals surface area contributed by atoms with Gasteiger partial charge in [-0.15, -0.1) is 0 Å². The van der Waals surface area contributed by atoms with Crippen LogP contribution in [0, 0.1) is 0 Å². The lowest BCUT2D eigenvalue weighted by Crippen LogP contribution is -2.36. The summed E-state index contributed by atoms with van der Waals surface area (Å²) in [4.78, 5) is 0. The average molecular weight is 224 g/mol. The molecule has 1 rings (SSSR count). The fourth-order valence-corrected chi connectivity index (χ4v) is 2.03. The number of rotatable bonds is 3. The summed E-state index contributed by atoms with van der Waals surface area (Å²) in [5, 5.41) is 4.22. The van der Waals surface area contributed by atoms with Crippen molar-refractivity contribution in [2.45, 2.75) is 18.2 Å². The summed E-state index contributed by atoms with van der Waals surface area (Å²) in [6.07, 6.45) is 0.377. The summed E-state index contributed by atoms with van der Waals surface area (Å²) in [5.41, 5.74) is 0. The Hall–Kier alpha value is 0.360. The van der Waals surface area contributed by atoms with E-state index >= 15 is 0 Å². The number of hydrogen-bond acceptors (Lipinski definition) is 3. The summed E-state index contributed by atoms with van der Waals surface area (Å²) < 4.78 is 10.5. The van der Waals surface area contributed by atoms with Crippen LogP contribution in [0.3, 0.4) is 0 Å². The second kappa shape index (κ2) is 4.40. The normalized spacial score (nSPS) is 37.9. The van der Waals surface area contributed by atoms with Gasteiger partial charge in [0, 0.05) is 32.1 Å². The third kappa shape index (κ3) is 1.93. The van der Waals surface area contributed by atoms with Crippen LogP contribution in [0.1, 0.15) is 0 Å². The largest absolute Gasteiger partial charge is 0.377 e. The molecule has 1 heterocycles. The van der Waals surface area contributed by atoms with Crippen molar-refractivity contribution in [3.05, 3.63) is 0 Å². The molecule has 3 nitrogen and oxygen atoms in total. The predicted molar refractivity (Wildman–Crippen MR) is 47.2 cm³/mol. The Morgan fingerprint density at radius 2 is 2.18 bits per heavy atom. The summed E-state index contributed by atoms with van der Waals surface area (Å²) in [7, 11) is 3.44. The lowest BCUT2D eigenvalue weighted by molar-refractivity contribution is -0.0148. The van der Waals surface area contributed by atoms with Crippen molar-refractivity contribution in [2.75, 3.05) is 26.1 Å². The molecule has 1 aliphatic rings. The Morgan fingerprint density at radius 3 is 2.64 bits per heavy atom. The van der Waals surface area contributed by atoms with E-state index in [-0.39, 0.29) is 12.2 Å². The molecule has 0 aromatic rings. The molecule has 0 unspecified atom stereocenters. The van der Waals surface area contributed by atoms with E-state index in [1.54, 1.807) is 14.2 Å². The quantitative estimate of drug-likeness (QED) is 0.703. The molecule has 11 heavy (non-hydrogen) atoms. The summed E-state index contributed by atoms with van der Waals surface area (Å²) in [6.45, 7) is 0.880. The van der Waals surface area contributed by atoms with Gasteiger partial charge in [0.1, 0.15) is 6.10 Å². The van der Waals surface area contributed by atoms with Crippen molar-refractivity contribution in [2.24, 2.45) is 0 Å². The van der Waals surface area contributed by atoms with Crippen LogP contribution >= 0.6 is 15.9 Å². The number of nitrogens with one attached hydrogen (secondary N) is 1. The van der Waals surface area contributed by atoms with Crippen molar-refractivity contribution in [1.82, 2.24) is 5.32 Å². The fraction of sp³-hybridized carbons (Fsp3) is 1.00. The van der Waals surface area contributed by atoms with Gasteiger partial charge in [0.2, 0.25) is 0 Å². The fourth-order valence-electron chi connectivity index (χ4n) is 1.43. The molecule has 0 aliphatic carbocycles. The minimum Gasteiger partial charge on any atom is -0.377 e. The highest BCUT2D eigenvalue weighted by atomic mass is 79.9. The van der Waals surface area contributed by atoms with Crippen LogP contribution < -0.4 is 5.32 Å². The molecule has 3 atom stereocenters. The van der Waals surface area contributed by atoms with Crippen molar-refractivity contribution in [1.29, 1.82) is 0 Å². The molecule has 0 saturated carbocycles. The second-order valence-corrected chi connectivity index (χ2v) is 3.29. The predicted octanol–water partition coefficient (Wildman–Crippen LogP) is 0.383. The van der Waals surface area contributed by atoms with Gasteiger partial charge in [-0.3, -0.25) is 0 Å². The van der Waals surface area contributed by atoms with Crippen LogP contribution in [0.2, 0.25) is 0 Å². The van der Waals surface area contributed by atoms with E-state index in [1.807, 2.05) is 0 Å². The van der Waals surface area contributed by atoms with Crippen LogP contribution in [0.25, 0.3) is 0 Å². The first kappa shape index (κ1) is 9.45. The molecule has 4 heteroatoms. The maximum absolute atomic E-state index is 5.30. The number of ether oxygens (including phenoxy) is 2. The SMILES string of the molecule is CO[C@H]1[C@H](CBr)NC[C@H]1OC. The second-order valence-electron chi connectivity index (χ2n) is 2.64. The molecule has 0 bridgehead atoms. The molecule has 0 aromatic heterocycles. The molecule has 1 aliphatic heterocycles. The minimum atomic E-state index is 0.180. The molecular weight excluding hydrogens is 210 g/mol. The third-order valence-corrected chi connectivity index (χ3v) is 2.78. The van der Waals surface area contributed by atoms with Crippen molar-refractivity contribution in [3.8, 4) is 0 Å². The van der Waals surface area contributed by atoms with Gasteiger partial charge in [0.05, 0.1) is 6.10 Å². The van der Waals surface area contributed by atoms with Crippen molar-refractivity contribution in [3.63, 3.8) is 0 Å². The van der Waals surface area contributed by atoms with Crippen LogP contribution in [0.5, 0.6) is 0 Å². The Kier molecular flexibility index (Phi) is 3.78. The molecule has 0 aromatic carbocycles. The Balaban J connectivity index is 2.48. The molecule has 1 fully saturated rings. The highest BCUT2D eigenvalue weighted by molar-refractivity contribution is 9.09. The van der Waals surface area contributed by atoms with Gasteiger partial charge in [-0.1, -0.05) is 15.9 Å². The topological polar surface area (TPSA) is 30.5 Å². The molecular formula is C7H14BrNO2. The van der Waals surface area contributed by atoms with Gasteiger partial charge < -0.3 is 14.8 Å². The number of halogens is 1. The van der Waals surface area contributed by atoms with Crippen molar-refractivity contribution >= 4 is 15.9 Å². The maximum atomic E-state index is 5.30. The highest BCUT2D eigenvalue weighted by Crippen LogP contribution is 2.15. The zero-order valence-electron chi connectivity index (χ0n) is 6.84. The first-order valence-corrected chi connectivity index (χ1v) is 4.80. The first-order chi connectivity index (χ1) is 5.33. The minimum absolute atomic E-state index is 0.180. The van der Waals surface area contributed by atoms with Gasteiger partial charge >= 0.3 is 0 Å². The van der Waals surface area contributed by atoms with Gasteiger partial charge in [-0.25, -0.2) is 0 Å². The standard InChI is InChI=1S/C7H14BrNO2/c1-10-6-4-9-5(3-8)7(6)11-2/h5-7,9H,3-4H2,1-2H3/t5-,6+,7-/m0/s1. The Bertz CT molecular complexity index is 111. The van der Waals surface area contributed by atoms with Gasteiger partial charge in [-0.2, -0.15) is 0 Å². The van der Waals surface area contributed by atoms with Gasteiger partial charge in [0.25, 0.3) is 0 Å². The lowest BCUT2D eigenvalue weighted by atomic mass is 10.2. The van der Waals surface area contributed by atoms with Crippen LogP contribution in [-0.2, 0) is 9.47 Å². The average Bonchev–Trinajstić information content (AvgIpc) is 2.45. The smallest absolute Gasteiger partial charge is 0.101 e. The van der Waals surface area contributed by atoms with Crippen LogP contribution in [0.4, 0.5) is 0 Å². The maximum Gasteiger partial charge on any atom is 0.101 e. The number of hydrogen-bond donors (Lipinski definition) is 1. The van der Waals surface area contributed by atoms with E-state index in [1.165, 1.54) is 0 Å². The van der Waals surface area contributed by atoms with E-state index in [0.29, 0.717) is 6.04 Å². The number of alkyl halides is 1. The molecule has 0 amide bonds. The Labute approximate surface area is 75.6 Å². The lowest BCUT2D eigenvalue weighted by Gasteiger charge is -2.19. The molecule has 1 saturated heterocycles. The van der Waals surface area contributed by atoms with Crippen molar-refractivity contribution < 1.29 is 9.47 Å². The monoisotopic (exact) mass is 223 g/mol. The molecule has 0 radical (unpaired) electrons. The highest BCUT2D eigenvalue weighted by Gasteiger charge is 2.35. The van der Waals surface area contributed by atoms with E-state index in [9.17, 15) is 0 Å². The van der Waals surface area contributed by atoms with Crippen LogP contribution in [-0.4, -0.2) is 44.3 Å². The van der Waals surface area contributed by atoms with E-state index in [2.05, 4.69) is 21.2 Å². The Morgan fingerprint density at radius 1 is 1.45 bits per heavy atom. The van der Waals surface area contributed by atoms with E-state index in [4.69, 9.17) is 9.47 Å². The summed E-state index contributed by atoms with van der Waals surface area (Å²) in [6, 6.07) is 0.380. The zero-order chi connectivity index (χ0) is 8.27. The van der Waals surface area contributed by atoms with E-state index < -0.39 is 0 Å². The summed E-state index contributed by atoms with van der Waals surface area (Å²) >= 11 is 3.42. The molecule has 1 N–H and O–H groups in total. The van der Waals surface area contributed by atoms with E-state index in [0.717, 1.165) is 11.9 Å². The first-order valence-electron chi connectivity index (χ1n) is 3.68. The molecule has 0 spiro atoms. The zero-order valence-corrected chi connectivity index (χ0v) is 8.43. The molecule has 66 valence electrons. The summed E-state index contributed by atoms with van der Waals surface area (Å²) in [5.74, 6) is 0. The third-order valence-electron chi connectivity index (χ3n) is 2.09. The van der Waals surface area contributed by atoms with Crippen LogP contribution in [0.15, 0.2) is 0 Å². The number of methoxy groups -OCH3 is 2. The van der Waals surface area contributed by atoms with Gasteiger partial charge in [-0.05, 0) is 0 Å². The van der Waals surface area contributed by atoms with Gasteiger partial charge in [0.15, 0.2) is 0 Å².